The third-order valence-corrected chi connectivity index (χ3v) is 3.45. The number of nitrogens with zero attached hydrogens (tertiary/aromatic N) is 1. The van der Waals surface area contributed by atoms with Gasteiger partial charge in [-0.15, -0.1) is 0 Å². The summed E-state index contributed by atoms with van der Waals surface area (Å²) in [7, 11) is 1.79. The first kappa shape index (κ1) is 10.6. The molecule has 1 heterocycles. The smallest absolute Gasteiger partial charge is 0.182 e. The highest BCUT2D eigenvalue weighted by atomic mass is 79.9. The summed E-state index contributed by atoms with van der Waals surface area (Å²) < 4.78 is 14.4. The molecule has 0 saturated carbocycles. The topological polar surface area (TPSA) is 24.9 Å². The molecule has 2 nitrogen and oxygen atoms in total. The first-order valence-electron chi connectivity index (χ1n) is 4.29. The average molecular weight is 287 g/mol. The molecule has 15 heavy (non-hydrogen) atoms. The Hall–Kier alpha value is -0.940. The van der Waals surface area contributed by atoms with Crippen LogP contribution in [0.1, 0.15) is 0 Å². The molecule has 0 aliphatic rings. The van der Waals surface area contributed by atoms with Gasteiger partial charge in [-0.3, -0.25) is 0 Å². The number of aromatic nitrogens is 1. The standard InChI is InChI=1S/C10H8BrFN2S/c1-13-10-14-5-9(15-10)7-4-6(11)2-3-8(7)12/h2-5H,1H3,(H,13,14). The van der Waals surface area contributed by atoms with Crippen molar-refractivity contribution < 1.29 is 4.39 Å². The van der Waals surface area contributed by atoms with Crippen molar-refractivity contribution in [2.75, 3.05) is 12.4 Å². The first-order valence-corrected chi connectivity index (χ1v) is 5.90. The van der Waals surface area contributed by atoms with Crippen molar-refractivity contribution in [1.82, 2.24) is 4.98 Å². The predicted molar refractivity (Wildman–Crippen MR) is 64.8 cm³/mol. The summed E-state index contributed by atoms with van der Waals surface area (Å²) in [6.07, 6.45) is 1.67. The molecule has 0 aliphatic heterocycles. The van der Waals surface area contributed by atoms with Crippen LogP contribution in [-0.4, -0.2) is 12.0 Å². The molecule has 1 aromatic carbocycles. The third-order valence-electron chi connectivity index (χ3n) is 1.91. The van der Waals surface area contributed by atoms with Gasteiger partial charge in [0, 0.05) is 23.3 Å². The van der Waals surface area contributed by atoms with Gasteiger partial charge in [-0.25, -0.2) is 9.37 Å². The molecule has 0 bridgehead atoms. The van der Waals surface area contributed by atoms with E-state index in [0.29, 0.717) is 5.56 Å². The predicted octanol–water partition coefficient (Wildman–Crippen LogP) is 3.75. The number of halogens is 2. The Morgan fingerprint density at radius 3 is 2.93 bits per heavy atom. The summed E-state index contributed by atoms with van der Waals surface area (Å²) in [4.78, 5) is 4.93. The molecular weight excluding hydrogens is 279 g/mol. The second kappa shape index (κ2) is 4.28. The molecule has 0 atom stereocenters. The van der Waals surface area contributed by atoms with Gasteiger partial charge in [0.05, 0.1) is 4.88 Å². The van der Waals surface area contributed by atoms with E-state index >= 15 is 0 Å². The van der Waals surface area contributed by atoms with Gasteiger partial charge in [0.25, 0.3) is 0 Å². The average Bonchev–Trinajstić information content (AvgIpc) is 2.70. The van der Waals surface area contributed by atoms with E-state index < -0.39 is 0 Å². The fourth-order valence-corrected chi connectivity index (χ4v) is 2.35. The minimum Gasteiger partial charge on any atom is -0.365 e. The molecule has 5 heteroatoms. The Morgan fingerprint density at radius 2 is 2.27 bits per heavy atom. The number of benzene rings is 1. The minimum absolute atomic E-state index is 0.232. The lowest BCUT2D eigenvalue weighted by Gasteiger charge is -1.99. The normalized spacial score (nSPS) is 10.3. The Balaban J connectivity index is 2.48. The van der Waals surface area contributed by atoms with Crippen molar-refractivity contribution in [3.05, 3.63) is 34.7 Å². The van der Waals surface area contributed by atoms with Gasteiger partial charge in [-0.2, -0.15) is 0 Å². The van der Waals surface area contributed by atoms with E-state index in [1.807, 2.05) is 0 Å². The van der Waals surface area contributed by atoms with Crippen LogP contribution in [0.15, 0.2) is 28.9 Å². The maximum Gasteiger partial charge on any atom is 0.182 e. The largest absolute Gasteiger partial charge is 0.365 e. The summed E-state index contributed by atoms with van der Waals surface area (Å²) >= 11 is 4.75. The highest BCUT2D eigenvalue weighted by Crippen LogP contribution is 2.32. The molecule has 78 valence electrons. The van der Waals surface area contributed by atoms with E-state index in [-0.39, 0.29) is 5.82 Å². The number of nitrogens with one attached hydrogen (secondary N) is 1. The van der Waals surface area contributed by atoms with Gasteiger partial charge >= 0.3 is 0 Å². The number of anilines is 1. The third kappa shape index (κ3) is 2.18. The summed E-state index contributed by atoms with van der Waals surface area (Å²) in [6.45, 7) is 0. The lowest BCUT2D eigenvalue weighted by Crippen LogP contribution is -1.83. The molecule has 2 aromatic rings. The van der Waals surface area contributed by atoms with Gasteiger partial charge in [0.2, 0.25) is 0 Å². The zero-order valence-corrected chi connectivity index (χ0v) is 10.3. The molecule has 0 unspecified atom stereocenters. The van der Waals surface area contributed by atoms with Crippen LogP contribution < -0.4 is 5.32 Å². The fourth-order valence-electron chi connectivity index (χ4n) is 1.20. The molecule has 0 amide bonds. The molecule has 1 N–H and O–H groups in total. The van der Waals surface area contributed by atoms with Crippen molar-refractivity contribution >= 4 is 32.4 Å². The van der Waals surface area contributed by atoms with E-state index in [4.69, 9.17) is 0 Å². The van der Waals surface area contributed by atoms with Crippen LogP contribution in [0.2, 0.25) is 0 Å². The second-order valence-corrected chi connectivity index (χ2v) is 4.85. The van der Waals surface area contributed by atoms with E-state index in [1.165, 1.54) is 17.4 Å². The van der Waals surface area contributed by atoms with Gasteiger partial charge in [-0.1, -0.05) is 27.3 Å². The molecule has 0 radical (unpaired) electrons. The van der Waals surface area contributed by atoms with Crippen LogP contribution in [0.5, 0.6) is 0 Å². The summed E-state index contributed by atoms with van der Waals surface area (Å²) in [6, 6.07) is 4.87. The molecule has 0 fully saturated rings. The Morgan fingerprint density at radius 1 is 1.47 bits per heavy atom. The Labute approximate surface area is 99.3 Å². The van der Waals surface area contributed by atoms with E-state index in [2.05, 4.69) is 26.2 Å². The lowest BCUT2D eigenvalue weighted by atomic mass is 10.2. The van der Waals surface area contributed by atoms with Crippen LogP contribution in [0.4, 0.5) is 9.52 Å². The van der Waals surface area contributed by atoms with Crippen LogP contribution in [-0.2, 0) is 0 Å². The summed E-state index contributed by atoms with van der Waals surface area (Å²) in [5.41, 5.74) is 0.573. The maximum atomic E-state index is 13.5. The highest BCUT2D eigenvalue weighted by molar-refractivity contribution is 9.10. The Kier molecular flexibility index (Phi) is 3.02. The fraction of sp³-hybridized carbons (Fsp3) is 0.100. The van der Waals surface area contributed by atoms with E-state index in [1.54, 1.807) is 25.4 Å². The molecular formula is C10H8BrFN2S. The monoisotopic (exact) mass is 286 g/mol. The SMILES string of the molecule is CNc1ncc(-c2cc(Br)ccc2F)s1. The number of thiazole rings is 1. The Bertz CT molecular complexity index is 484. The van der Waals surface area contributed by atoms with Gasteiger partial charge in [-0.05, 0) is 18.2 Å². The highest BCUT2D eigenvalue weighted by Gasteiger charge is 2.08. The summed E-state index contributed by atoms with van der Waals surface area (Å²) in [5.74, 6) is -0.232. The molecule has 0 saturated heterocycles. The van der Waals surface area contributed by atoms with Crippen molar-refractivity contribution in [3.63, 3.8) is 0 Å². The van der Waals surface area contributed by atoms with Crippen LogP contribution in [0, 0.1) is 5.82 Å². The van der Waals surface area contributed by atoms with Crippen molar-refractivity contribution in [2.45, 2.75) is 0 Å². The quantitative estimate of drug-likeness (QED) is 0.909. The van der Waals surface area contributed by atoms with Gasteiger partial charge in [0.15, 0.2) is 5.13 Å². The zero-order valence-electron chi connectivity index (χ0n) is 7.92. The lowest BCUT2D eigenvalue weighted by molar-refractivity contribution is 0.631. The maximum absolute atomic E-state index is 13.5. The number of rotatable bonds is 2. The molecule has 0 aliphatic carbocycles. The van der Waals surface area contributed by atoms with Gasteiger partial charge in [0.1, 0.15) is 5.82 Å². The zero-order chi connectivity index (χ0) is 10.8. The van der Waals surface area contributed by atoms with Crippen LogP contribution >= 0.6 is 27.3 Å². The molecule has 2 rings (SSSR count). The van der Waals surface area contributed by atoms with E-state index in [9.17, 15) is 4.39 Å². The first-order chi connectivity index (χ1) is 7.20. The van der Waals surface area contributed by atoms with Crippen molar-refractivity contribution in [1.29, 1.82) is 0 Å². The van der Waals surface area contributed by atoms with Crippen LogP contribution in [0.3, 0.4) is 0 Å². The second-order valence-electron chi connectivity index (χ2n) is 2.90. The van der Waals surface area contributed by atoms with E-state index in [0.717, 1.165) is 14.5 Å². The van der Waals surface area contributed by atoms with Crippen LogP contribution in [0.25, 0.3) is 10.4 Å². The number of hydrogen-bond donors (Lipinski definition) is 1. The van der Waals surface area contributed by atoms with Gasteiger partial charge < -0.3 is 5.32 Å². The minimum atomic E-state index is -0.232. The molecule has 0 spiro atoms. The summed E-state index contributed by atoms with van der Waals surface area (Å²) in [5, 5.41) is 3.71. The molecule has 1 aromatic heterocycles. The number of hydrogen-bond acceptors (Lipinski definition) is 3. The van der Waals surface area contributed by atoms with Crippen molar-refractivity contribution in [3.8, 4) is 10.4 Å². The van der Waals surface area contributed by atoms with Crippen molar-refractivity contribution in [2.24, 2.45) is 0 Å².